The van der Waals surface area contributed by atoms with Crippen LogP contribution in [-0.2, 0) is 6.18 Å². The number of carbonyl (C=O) groups excluding carboxylic acids is 2. The number of rotatable bonds is 4. The number of anilines is 2. The second kappa shape index (κ2) is 9.84. The van der Waals surface area contributed by atoms with Crippen molar-refractivity contribution in [3.8, 4) is 0 Å². The molecule has 4 rings (SSSR count). The van der Waals surface area contributed by atoms with Gasteiger partial charge in [-0.3, -0.25) is 9.59 Å². The van der Waals surface area contributed by atoms with E-state index in [0.717, 1.165) is 16.6 Å². The molecule has 1 aromatic heterocycles. The number of alkyl halides is 3. The summed E-state index contributed by atoms with van der Waals surface area (Å²) >= 11 is 3.38. The van der Waals surface area contributed by atoms with E-state index in [1.165, 1.54) is 18.3 Å². The van der Waals surface area contributed by atoms with Crippen LogP contribution in [0.25, 0.3) is 0 Å². The Morgan fingerprint density at radius 3 is 2.26 bits per heavy atom. The van der Waals surface area contributed by atoms with Crippen molar-refractivity contribution < 1.29 is 22.8 Å². The molecule has 0 atom stereocenters. The van der Waals surface area contributed by atoms with Gasteiger partial charge in [0.05, 0.1) is 17.4 Å². The third-order valence-electron chi connectivity index (χ3n) is 5.42. The lowest BCUT2D eigenvalue weighted by Gasteiger charge is -2.35. The summed E-state index contributed by atoms with van der Waals surface area (Å²) in [5, 5.41) is 2.57. The Hall–Kier alpha value is -3.40. The number of amides is 2. The molecule has 0 spiro atoms. The number of carbonyl (C=O) groups is 2. The molecule has 1 saturated heterocycles. The number of aromatic nitrogens is 1. The van der Waals surface area contributed by atoms with Crippen molar-refractivity contribution in [3.63, 3.8) is 0 Å². The van der Waals surface area contributed by atoms with Gasteiger partial charge in [-0.1, -0.05) is 28.1 Å². The first-order chi connectivity index (χ1) is 16.2. The normalized spacial score (nSPS) is 14.1. The van der Waals surface area contributed by atoms with Gasteiger partial charge >= 0.3 is 6.18 Å². The Morgan fingerprint density at radius 1 is 0.912 bits per heavy atom. The van der Waals surface area contributed by atoms with Gasteiger partial charge in [0, 0.05) is 41.8 Å². The monoisotopic (exact) mass is 532 g/mol. The van der Waals surface area contributed by atoms with Gasteiger partial charge in [0.15, 0.2) is 0 Å². The van der Waals surface area contributed by atoms with Crippen LogP contribution < -0.4 is 10.2 Å². The maximum atomic E-state index is 12.9. The number of nitrogens with zero attached hydrogens (tertiary/aromatic N) is 3. The SMILES string of the molecule is O=C(Nc1ccc(N2CCN(C(=O)c3cccc(Br)c3)CC2)nc1)c1cccc(C(F)(F)F)c1. The summed E-state index contributed by atoms with van der Waals surface area (Å²) in [5.74, 6) is 0.00788. The van der Waals surface area contributed by atoms with Crippen LogP contribution >= 0.6 is 15.9 Å². The Bertz CT molecular complexity index is 1190. The van der Waals surface area contributed by atoms with E-state index in [1.807, 2.05) is 17.0 Å². The van der Waals surface area contributed by atoms with E-state index in [0.29, 0.717) is 43.2 Å². The van der Waals surface area contributed by atoms with Crippen molar-refractivity contribution in [2.45, 2.75) is 6.18 Å². The van der Waals surface area contributed by atoms with Crippen molar-refractivity contribution in [3.05, 3.63) is 88.0 Å². The summed E-state index contributed by atoms with van der Waals surface area (Å²) < 4.78 is 39.5. The van der Waals surface area contributed by atoms with Crippen molar-refractivity contribution in [2.75, 3.05) is 36.4 Å². The minimum atomic E-state index is -4.52. The predicted octanol–water partition coefficient (Wildman–Crippen LogP) is 5.08. The molecule has 1 aliphatic heterocycles. The Morgan fingerprint density at radius 2 is 1.62 bits per heavy atom. The van der Waals surface area contributed by atoms with Crippen molar-refractivity contribution in [1.29, 1.82) is 0 Å². The minimum Gasteiger partial charge on any atom is -0.353 e. The summed E-state index contributed by atoms with van der Waals surface area (Å²) in [4.78, 5) is 33.3. The predicted molar refractivity (Wildman–Crippen MR) is 126 cm³/mol. The maximum absolute atomic E-state index is 12.9. The molecule has 1 fully saturated rings. The van der Waals surface area contributed by atoms with Gasteiger partial charge in [-0.25, -0.2) is 4.98 Å². The molecule has 0 saturated carbocycles. The van der Waals surface area contributed by atoms with Crippen molar-refractivity contribution in [2.24, 2.45) is 0 Å². The zero-order valence-corrected chi connectivity index (χ0v) is 19.4. The van der Waals surface area contributed by atoms with Crippen LogP contribution in [0, 0.1) is 0 Å². The van der Waals surface area contributed by atoms with Gasteiger partial charge in [0.2, 0.25) is 0 Å². The molecule has 1 N–H and O–H groups in total. The summed E-state index contributed by atoms with van der Waals surface area (Å²) in [6.45, 7) is 2.29. The van der Waals surface area contributed by atoms with Gasteiger partial charge in [-0.2, -0.15) is 13.2 Å². The molecule has 2 heterocycles. The van der Waals surface area contributed by atoms with Crippen LogP contribution in [0.2, 0.25) is 0 Å². The topological polar surface area (TPSA) is 65.5 Å². The number of pyridine rings is 1. The third-order valence-corrected chi connectivity index (χ3v) is 5.91. The van der Waals surface area contributed by atoms with Crippen LogP contribution in [-0.4, -0.2) is 47.9 Å². The van der Waals surface area contributed by atoms with Gasteiger partial charge < -0.3 is 15.1 Å². The third kappa shape index (κ3) is 5.56. The fourth-order valence-corrected chi connectivity index (χ4v) is 4.03. The molecule has 3 aromatic rings. The number of hydrogen-bond acceptors (Lipinski definition) is 4. The first-order valence-corrected chi connectivity index (χ1v) is 11.2. The molecule has 0 aliphatic carbocycles. The summed E-state index contributed by atoms with van der Waals surface area (Å²) in [6.07, 6.45) is -3.06. The molecule has 10 heteroatoms. The van der Waals surface area contributed by atoms with E-state index in [1.54, 1.807) is 29.2 Å². The summed E-state index contributed by atoms with van der Waals surface area (Å²) in [5.41, 5.74) is 0.0210. The molecule has 0 unspecified atom stereocenters. The van der Waals surface area contributed by atoms with E-state index in [-0.39, 0.29) is 11.5 Å². The molecule has 2 amide bonds. The first kappa shape index (κ1) is 23.7. The molecule has 6 nitrogen and oxygen atoms in total. The van der Waals surface area contributed by atoms with Crippen LogP contribution in [0.3, 0.4) is 0 Å². The zero-order valence-electron chi connectivity index (χ0n) is 17.8. The molecular formula is C24H20BrF3N4O2. The lowest BCUT2D eigenvalue weighted by molar-refractivity contribution is -0.137. The van der Waals surface area contributed by atoms with Gasteiger partial charge in [0.25, 0.3) is 11.8 Å². The fourth-order valence-electron chi connectivity index (χ4n) is 3.63. The minimum absolute atomic E-state index is 0.0263. The quantitative estimate of drug-likeness (QED) is 0.509. The summed E-state index contributed by atoms with van der Waals surface area (Å²) in [6, 6.07) is 14.9. The lowest BCUT2D eigenvalue weighted by atomic mass is 10.1. The van der Waals surface area contributed by atoms with Crippen LogP contribution in [0.1, 0.15) is 26.3 Å². The maximum Gasteiger partial charge on any atom is 0.416 e. The largest absolute Gasteiger partial charge is 0.416 e. The van der Waals surface area contributed by atoms with E-state index in [9.17, 15) is 22.8 Å². The highest BCUT2D eigenvalue weighted by atomic mass is 79.9. The van der Waals surface area contributed by atoms with E-state index in [4.69, 9.17) is 0 Å². The molecule has 34 heavy (non-hydrogen) atoms. The number of benzene rings is 2. The second-order valence-corrected chi connectivity index (χ2v) is 8.64. The zero-order chi connectivity index (χ0) is 24.3. The van der Waals surface area contributed by atoms with Crippen molar-refractivity contribution >= 4 is 39.2 Å². The van der Waals surface area contributed by atoms with Crippen molar-refractivity contribution in [1.82, 2.24) is 9.88 Å². The van der Waals surface area contributed by atoms with E-state index < -0.39 is 17.6 Å². The molecule has 2 aromatic carbocycles. The molecule has 176 valence electrons. The smallest absolute Gasteiger partial charge is 0.353 e. The Labute approximate surface area is 202 Å². The highest BCUT2D eigenvalue weighted by Gasteiger charge is 2.31. The Kier molecular flexibility index (Phi) is 6.87. The second-order valence-electron chi connectivity index (χ2n) is 7.73. The average Bonchev–Trinajstić information content (AvgIpc) is 2.84. The van der Waals surface area contributed by atoms with Gasteiger partial charge in [0.1, 0.15) is 5.82 Å². The fraction of sp³-hybridized carbons (Fsp3) is 0.208. The van der Waals surface area contributed by atoms with E-state index in [2.05, 4.69) is 26.2 Å². The standard InChI is InChI=1S/C24H20BrF3N4O2/c25-19-6-2-4-17(14-19)23(34)32-11-9-31(10-12-32)21-8-7-20(15-29-21)30-22(33)16-3-1-5-18(13-16)24(26,27)28/h1-8,13-15H,9-12H2,(H,30,33). The number of nitrogens with one attached hydrogen (secondary N) is 1. The number of piperazine rings is 1. The van der Waals surface area contributed by atoms with Gasteiger partial charge in [-0.05, 0) is 48.5 Å². The molecular weight excluding hydrogens is 513 g/mol. The Balaban J connectivity index is 1.34. The number of hydrogen-bond donors (Lipinski definition) is 1. The van der Waals surface area contributed by atoms with Crippen LogP contribution in [0.4, 0.5) is 24.7 Å². The first-order valence-electron chi connectivity index (χ1n) is 10.5. The highest BCUT2D eigenvalue weighted by molar-refractivity contribution is 9.10. The average molecular weight is 533 g/mol. The van der Waals surface area contributed by atoms with Crippen LogP contribution in [0.15, 0.2) is 71.3 Å². The highest BCUT2D eigenvalue weighted by Crippen LogP contribution is 2.29. The molecule has 0 bridgehead atoms. The number of halogens is 4. The van der Waals surface area contributed by atoms with Crippen LogP contribution in [0.5, 0.6) is 0 Å². The van der Waals surface area contributed by atoms with E-state index >= 15 is 0 Å². The lowest BCUT2D eigenvalue weighted by Crippen LogP contribution is -2.49. The summed E-state index contributed by atoms with van der Waals surface area (Å²) in [7, 11) is 0. The molecule has 1 aliphatic rings. The molecule has 0 radical (unpaired) electrons. The van der Waals surface area contributed by atoms with Gasteiger partial charge in [-0.15, -0.1) is 0 Å².